The van der Waals surface area contributed by atoms with Gasteiger partial charge in [0.05, 0.1) is 20.8 Å². The lowest BCUT2D eigenvalue weighted by Gasteiger charge is -2.11. The van der Waals surface area contributed by atoms with Crippen LogP contribution in [0, 0.1) is 0 Å². The molecule has 0 atom stereocenters. The van der Waals surface area contributed by atoms with E-state index in [1.165, 1.54) is 20.3 Å². The summed E-state index contributed by atoms with van der Waals surface area (Å²) in [5, 5.41) is 2.61. The van der Waals surface area contributed by atoms with Crippen LogP contribution in [0.2, 0.25) is 0 Å². The van der Waals surface area contributed by atoms with E-state index >= 15 is 0 Å². The van der Waals surface area contributed by atoms with E-state index in [0.29, 0.717) is 22.6 Å². The lowest BCUT2D eigenvalue weighted by molar-refractivity contribution is -0.138. The fraction of sp³-hybridized carbons (Fsp3) is 0.200. The Morgan fingerprint density at radius 2 is 1.69 bits per heavy atom. The number of hydrogen-bond donors (Lipinski definition) is 1. The van der Waals surface area contributed by atoms with Crippen LogP contribution in [-0.2, 0) is 9.53 Å². The van der Waals surface area contributed by atoms with E-state index in [1.807, 2.05) is 6.07 Å². The second-order valence-corrected chi connectivity index (χ2v) is 5.21. The molecule has 6 heteroatoms. The Morgan fingerprint density at radius 3 is 2.31 bits per heavy atom. The van der Waals surface area contributed by atoms with Gasteiger partial charge in [0.15, 0.2) is 11.5 Å². The molecule has 0 heterocycles. The maximum Gasteiger partial charge on any atom is 0.354 e. The van der Waals surface area contributed by atoms with Crippen molar-refractivity contribution in [3.05, 3.63) is 65.4 Å². The second kappa shape index (κ2) is 9.27. The summed E-state index contributed by atoms with van der Waals surface area (Å²) < 4.78 is 15.5. The zero-order chi connectivity index (χ0) is 18.9. The highest BCUT2D eigenvalue weighted by Gasteiger charge is 2.16. The first-order chi connectivity index (χ1) is 12.6. The molecule has 26 heavy (non-hydrogen) atoms. The van der Waals surface area contributed by atoms with Crippen LogP contribution in [0.4, 0.5) is 0 Å². The zero-order valence-electron chi connectivity index (χ0n) is 14.9. The van der Waals surface area contributed by atoms with Gasteiger partial charge in [0.2, 0.25) is 0 Å². The molecular formula is C20H21NO5. The molecule has 6 nitrogen and oxygen atoms in total. The van der Waals surface area contributed by atoms with Gasteiger partial charge in [-0.15, -0.1) is 0 Å². The number of rotatable bonds is 7. The van der Waals surface area contributed by atoms with Gasteiger partial charge in [-0.05, 0) is 42.8 Å². The largest absolute Gasteiger partial charge is 0.493 e. The molecule has 0 saturated heterocycles. The average Bonchev–Trinajstić information content (AvgIpc) is 2.68. The van der Waals surface area contributed by atoms with E-state index in [1.54, 1.807) is 49.4 Å². The normalized spacial score (nSPS) is 10.8. The molecule has 2 aromatic carbocycles. The van der Waals surface area contributed by atoms with Crippen molar-refractivity contribution in [2.24, 2.45) is 0 Å². The molecule has 0 aliphatic rings. The summed E-state index contributed by atoms with van der Waals surface area (Å²) in [6.07, 6.45) is 1.53. The summed E-state index contributed by atoms with van der Waals surface area (Å²) in [5.41, 5.74) is 1.13. The number of carbonyl (C=O) groups excluding carboxylic acids is 2. The Morgan fingerprint density at radius 1 is 1.00 bits per heavy atom. The molecule has 1 N–H and O–H groups in total. The third kappa shape index (κ3) is 4.86. The van der Waals surface area contributed by atoms with Gasteiger partial charge in [-0.3, -0.25) is 4.79 Å². The Bertz CT molecular complexity index is 799. The van der Waals surface area contributed by atoms with Gasteiger partial charge < -0.3 is 19.5 Å². The van der Waals surface area contributed by atoms with Crippen LogP contribution in [0.1, 0.15) is 22.8 Å². The molecule has 0 aliphatic heterocycles. The third-order valence-electron chi connectivity index (χ3n) is 3.50. The van der Waals surface area contributed by atoms with Crippen molar-refractivity contribution in [3.63, 3.8) is 0 Å². The van der Waals surface area contributed by atoms with Crippen molar-refractivity contribution < 1.29 is 23.8 Å². The molecule has 0 saturated carbocycles. The molecule has 0 spiro atoms. The first kappa shape index (κ1) is 19.1. The summed E-state index contributed by atoms with van der Waals surface area (Å²) in [5.74, 6) is 0.0615. The Hall–Kier alpha value is -3.28. The van der Waals surface area contributed by atoms with E-state index in [4.69, 9.17) is 14.2 Å². The standard InChI is InChI=1S/C20H21NO5/c1-4-26-20(23)16(21-19(22)15-8-6-5-7-9-15)12-14-10-11-17(24-2)18(13-14)25-3/h5-13H,4H2,1-3H3,(H,21,22)/b16-12+. The lowest BCUT2D eigenvalue weighted by Crippen LogP contribution is -2.28. The Kier molecular flexibility index (Phi) is 6.79. The minimum Gasteiger partial charge on any atom is -0.493 e. The van der Waals surface area contributed by atoms with Crippen molar-refractivity contribution in [1.82, 2.24) is 5.32 Å². The van der Waals surface area contributed by atoms with Crippen molar-refractivity contribution >= 4 is 18.0 Å². The number of esters is 1. The predicted octanol–water partition coefficient (Wildman–Crippen LogP) is 3.04. The summed E-state index contributed by atoms with van der Waals surface area (Å²) >= 11 is 0. The number of benzene rings is 2. The molecule has 0 bridgehead atoms. The molecular weight excluding hydrogens is 334 g/mol. The first-order valence-electron chi connectivity index (χ1n) is 8.06. The van der Waals surface area contributed by atoms with Gasteiger partial charge in [0, 0.05) is 5.56 Å². The Labute approximate surface area is 152 Å². The molecule has 2 rings (SSSR count). The van der Waals surface area contributed by atoms with Crippen LogP contribution in [-0.4, -0.2) is 32.7 Å². The summed E-state index contributed by atoms with van der Waals surface area (Å²) in [6, 6.07) is 13.8. The van der Waals surface area contributed by atoms with Crippen molar-refractivity contribution in [1.29, 1.82) is 0 Å². The van der Waals surface area contributed by atoms with Crippen LogP contribution < -0.4 is 14.8 Å². The van der Waals surface area contributed by atoms with Crippen LogP contribution in [0.25, 0.3) is 6.08 Å². The highest BCUT2D eigenvalue weighted by atomic mass is 16.5. The van der Waals surface area contributed by atoms with E-state index in [9.17, 15) is 9.59 Å². The lowest BCUT2D eigenvalue weighted by atomic mass is 10.1. The second-order valence-electron chi connectivity index (χ2n) is 5.21. The number of hydrogen-bond acceptors (Lipinski definition) is 5. The molecule has 0 aliphatic carbocycles. The third-order valence-corrected chi connectivity index (χ3v) is 3.50. The number of ether oxygens (including phenoxy) is 3. The van der Waals surface area contributed by atoms with Crippen molar-refractivity contribution in [2.75, 3.05) is 20.8 Å². The van der Waals surface area contributed by atoms with Crippen molar-refractivity contribution in [2.45, 2.75) is 6.92 Å². The van der Waals surface area contributed by atoms with Crippen LogP contribution in [0.15, 0.2) is 54.2 Å². The summed E-state index contributed by atoms with van der Waals surface area (Å²) in [7, 11) is 3.06. The number of methoxy groups -OCH3 is 2. The van der Waals surface area contributed by atoms with Gasteiger partial charge in [-0.1, -0.05) is 24.3 Å². The molecule has 0 unspecified atom stereocenters. The average molecular weight is 355 g/mol. The molecule has 0 radical (unpaired) electrons. The highest BCUT2D eigenvalue weighted by Crippen LogP contribution is 2.28. The van der Waals surface area contributed by atoms with E-state index < -0.39 is 11.9 Å². The number of carbonyl (C=O) groups is 2. The fourth-order valence-electron chi connectivity index (χ4n) is 2.25. The molecule has 2 aromatic rings. The molecule has 136 valence electrons. The summed E-state index contributed by atoms with van der Waals surface area (Å²) in [6.45, 7) is 1.90. The zero-order valence-corrected chi connectivity index (χ0v) is 14.9. The minimum atomic E-state index is -0.619. The quantitative estimate of drug-likeness (QED) is 0.610. The van der Waals surface area contributed by atoms with E-state index in [0.717, 1.165) is 0 Å². The first-order valence-corrected chi connectivity index (χ1v) is 8.06. The van der Waals surface area contributed by atoms with Crippen molar-refractivity contribution in [3.8, 4) is 11.5 Å². The molecule has 1 amide bonds. The fourth-order valence-corrected chi connectivity index (χ4v) is 2.25. The van der Waals surface area contributed by atoms with E-state index in [-0.39, 0.29) is 12.3 Å². The van der Waals surface area contributed by atoms with Gasteiger partial charge in [0.1, 0.15) is 5.70 Å². The maximum absolute atomic E-state index is 12.4. The summed E-state index contributed by atoms with van der Waals surface area (Å²) in [4.78, 5) is 24.6. The Balaban J connectivity index is 2.33. The maximum atomic E-state index is 12.4. The van der Waals surface area contributed by atoms with Gasteiger partial charge >= 0.3 is 5.97 Å². The molecule has 0 fully saturated rings. The molecule has 0 aromatic heterocycles. The monoisotopic (exact) mass is 355 g/mol. The number of amides is 1. The van der Waals surface area contributed by atoms with Gasteiger partial charge in [-0.25, -0.2) is 4.79 Å². The topological polar surface area (TPSA) is 73.9 Å². The van der Waals surface area contributed by atoms with Crippen LogP contribution in [0.3, 0.4) is 0 Å². The minimum absolute atomic E-state index is 0.0351. The SMILES string of the molecule is CCOC(=O)/C(=C\c1ccc(OC)c(OC)c1)NC(=O)c1ccccc1. The van der Waals surface area contributed by atoms with Crippen LogP contribution in [0.5, 0.6) is 11.5 Å². The van der Waals surface area contributed by atoms with E-state index in [2.05, 4.69) is 5.32 Å². The number of nitrogens with one attached hydrogen (secondary N) is 1. The predicted molar refractivity (Wildman–Crippen MR) is 98.1 cm³/mol. The van der Waals surface area contributed by atoms with Gasteiger partial charge in [-0.2, -0.15) is 0 Å². The highest BCUT2D eigenvalue weighted by molar-refractivity contribution is 6.03. The smallest absolute Gasteiger partial charge is 0.354 e. The van der Waals surface area contributed by atoms with Crippen LogP contribution >= 0.6 is 0 Å². The van der Waals surface area contributed by atoms with Gasteiger partial charge in [0.25, 0.3) is 5.91 Å².